The van der Waals surface area contributed by atoms with Gasteiger partial charge in [-0.05, 0) is 17.7 Å². The molecule has 0 unspecified atom stereocenters. The van der Waals surface area contributed by atoms with Crippen LogP contribution >= 0.6 is 11.6 Å². The standard InChI is InChI=1S/C13H12ClNO3S/c1-2-19(17,18)12-11(13(12,7-15)8-16)9-4-3-5-10(14)6-9/h3-6,8,11-12H,2H2,1H3/t11-,12-,13-/m1/s1. The SMILES string of the molecule is CCS(=O)(=O)[C@@H]1[C@@H](c2cccc(Cl)c2)[C@@]1(C#N)C=O. The van der Waals surface area contributed by atoms with Crippen molar-refractivity contribution in [3.8, 4) is 6.07 Å². The van der Waals surface area contributed by atoms with Crippen molar-refractivity contribution in [3.05, 3.63) is 34.9 Å². The molecular formula is C13H12ClNO3S. The molecule has 1 fully saturated rings. The maximum atomic E-state index is 12.0. The molecule has 0 N–H and O–H groups in total. The summed E-state index contributed by atoms with van der Waals surface area (Å²) >= 11 is 5.87. The summed E-state index contributed by atoms with van der Waals surface area (Å²) in [5, 5.41) is 8.69. The zero-order valence-electron chi connectivity index (χ0n) is 10.2. The van der Waals surface area contributed by atoms with Crippen LogP contribution < -0.4 is 0 Å². The summed E-state index contributed by atoms with van der Waals surface area (Å²) in [6.45, 7) is 1.51. The third kappa shape index (κ3) is 2.05. The molecule has 4 nitrogen and oxygen atoms in total. The number of aldehydes is 1. The molecule has 1 saturated carbocycles. The van der Waals surface area contributed by atoms with E-state index in [1.54, 1.807) is 24.3 Å². The van der Waals surface area contributed by atoms with Crippen LogP contribution in [-0.2, 0) is 14.6 Å². The predicted octanol–water partition coefficient (Wildman–Crippen LogP) is 1.95. The Labute approximate surface area is 116 Å². The number of hydrogen-bond acceptors (Lipinski definition) is 4. The monoisotopic (exact) mass is 297 g/mol. The molecule has 0 bridgehead atoms. The quantitative estimate of drug-likeness (QED) is 0.796. The van der Waals surface area contributed by atoms with Crippen molar-refractivity contribution in [1.29, 1.82) is 5.26 Å². The van der Waals surface area contributed by atoms with Crippen molar-refractivity contribution in [3.63, 3.8) is 0 Å². The molecule has 0 saturated heterocycles. The molecule has 3 atom stereocenters. The highest BCUT2D eigenvalue weighted by molar-refractivity contribution is 7.92. The molecule has 6 heteroatoms. The van der Waals surface area contributed by atoms with Crippen molar-refractivity contribution in [2.24, 2.45) is 5.41 Å². The van der Waals surface area contributed by atoms with Gasteiger partial charge in [0.1, 0.15) is 11.7 Å². The van der Waals surface area contributed by atoms with Gasteiger partial charge in [0.2, 0.25) is 0 Å². The van der Waals surface area contributed by atoms with Crippen LogP contribution in [0, 0.1) is 16.7 Å². The Kier molecular flexibility index (Phi) is 3.41. The van der Waals surface area contributed by atoms with Gasteiger partial charge in [0.05, 0.1) is 11.3 Å². The number of nitrogens with zero attached hydrogens (tertiary/aromatic N) is 1. The maximum Gasteiger partial charge on any atom is 0.155 e. The number of hydrogen-bond donors (Lipinski definition) is 0. The van der Waals surface area contributed by atoms with E-state index in [1.807, 2.05) is 6.07 Å². The zero-order chi connectivity index (χ0) is 14.3. The van der Waals surface area contributed by atoms with Crippen molar-refractivity contribution in [2.45, 2.75) is 18.1 Å². The summed E-state index contributed by atoms with van der Waals surface area (Å²) < 4.78 is 24.0. The van der Waals surface area contributed by atoms with Gasteiger partial charge in [-0.25, -0.2) is 8.42 Å². The first-order valence-corrected chi connectivity index (χ1v) is 7.87. The lowest BCUT2D eigenvalue weighted by atomic mass is 10.0. The lowest BCUT2D eigenvalue weighted by Crippen LogP contribution is -2.17. The first-order valence-electron chi connectivity index (χ1n) is 5.77. The lowest BCUT2D eigenvalue weighted by Gasteiger charge is -2.00. The fourth-order valence-corrected chi connectivity index (χ4v) is 4.63. The Morgan fingerprint density at radius 2 is 2.21 bits per heavy atom. The highest BCUT2D eigenvalue weighted by Gasteiger charge is 2.72. The summed E-state index contributed by atoms with van der Waals surface area (Å²) in [4.78, 5) is 11.2. The maximum absolute atomic E-state index is 12.0. The normalized spacial score (nSPS) is 29.5. The minimum absolute atomic E-state index is 0.0913. The molecule has 1 aliphatic rings. The number of sulfone groups is 1. The molecule has 0 heterocycles. The van der Waals surface area contributed by atoms with Crippen molar-refractivity contribution < 1.29 is 13.2 Å². The number of carbonyl (C=O) groups excluding carboxylic acids is 1. The first-order chi connectivity index (χ1) is 8.93. The highest BCUT2D eigenvalue weighted by atomic mass is 35.5. The largest absolute Gasteiger partial charge is 0.302 e. The van der Waals surface area contributed by atoms with Gasteiger partial charge < -0.3 is 4.79 Å². The van der Waals surface area contributed by atoms with Crippen molar-refractivity contribution in [1.82, 2.24) is 0 Å². The van der Waals surface area contributed by atoms with Gasteiger partial charge in [-0.3, -0.25) is 0 Å². The molecular weight excluding hydrogens is 286 g/mol. The Balaban J connectivity index is 2.52. The second-order valence-electron chi connectivity index (χ2n) is 4.57. The van der Waals surface area contributed by atoms with E-state index in [-0.39, 0.29) is 5.75 Å². The summed E-state index contributed by atoms with van der Waals surface area (Å²) in [5.41, 5.74) is -0.859. The van der Waals surface area contributed by atoms with E-state index in [0.717, 1.165) is 0 Å². The molecule has 1 aromatic carbocycles. The molecule has 2 rings (SSSR count). The van der Waals surface area contributed by atoms with Gasteiger partial charge in [0.25, 0.3) is 0 Å². The summed E-state index contributed by atoms with van der Waals surface area (Å²) in [6, 6.07) is 8.50. The Hall–Kier alpha value is -1.38. The van der Waals surface area contributed by atoms with Crippen LogP contribution in [0.25, 0.3) is 0 Å². The van der Waals surface area contributed by atoms with Crippen LogP contribution in [0.1, 0.15) is 18.4 Å². The van der Waals surface area contributed by atoms with Gasteiger partial charge in [-0.2, -0.15) is 5.26 Å². The Morgan fingerprint density at radius 1 is 1.53 bits per heavy atom. The fourth-order valence-electron chi connectivity index (χ4n) is 2.51. The molecule has 0 radical (unpaired) electrons. The van der Waals surface area contributed by atoms with Crippen LogP contribution in [0.15, 0.2) is 24.3 Å². The van der Waals surface area contributed by atoms with Gasteiger partial charge in [-0.15, -0.1) is 0 Å². The van der Waals surface area contributed by atoms with Gasteiger partial charge in [0, 0.05) is 16.7 Å². The topological polar surface area (TPSA) is 75.0 Å². The van der Waals surface area contributed by atoms with Crippen LogP contribution in [0.5, 0.6) is 0 Å². The van der Waals surface area contributed by atoms with Crippen molar-refractivity contribution >= 4 is 27.7 Å². The summed E-state index contributed by atoms with van der Waals surface area (Å²) in [6.07, 6.45) is 0.455. The lowest BCUT2D eigenvalue weighted by molar-refractivity contribution is -0.110. The minimum atomic E-state index is -3.46. The van der Waals surface area contributed by atoms with Gasteiger partial charge >= 0.3 is 0 Å². The first kappa shape index (κ1) is 14.0. The number of nitriles is 1. The molecule has 0 aromatic heterocycles. The second kappa shape index (κ2) is 4.62. The summed E-state index contributed by atoms with van der Waals surface area (Å²) in [7, 11) is -3.46. The molecule has 1 aromatic rings. The van der Waals surface area contributed by atoms with E-state index in [0.29, 0.717) is 16.9 Å². The number of carbonyl (C=O) groups is 1. The molecule has 0 aliphatic heterocycles. The fraction of sp³-hybridized carbons (Fsp3) is 0.385. The smallest absolute Gasteiger partial charge is 0.155 e. The van der Waals surface area contributed by atoms with E-state index >= 15 is 0 Å². The number of halogens is 1. The van der Waals surface area contributed by atoms with E-state index in [9.17, 15) is 18.5 Å². The van der Waals surface area contributed by atoms with Crippen LogP contribution in [0.2, 0.25) is 5.02 Å². The third-order valence-corrected chi connectivity index (χ3v) is 6.04. The van der Waals surface area contributed by atoms with Crippen LogP contribution in [0.3, 0.4) is 0 Å². The van der Waals surface area contributed by atoms with Crippen molar-refractivity contribution in [2.75, 3.05) is 5.75 Å². The van der Waals surface area contributed by atoms with Gasteiger partial charge in [-0.1, -0.05) is 30.7 Å². The van der Waals surface area contributed by atoms with E-state index in [4.69, 9.17) is 11.6 Å². The number of rotatable bonds is 4. The Morgan fingerprint density at radius 3 is 2.68 bits per heavy atom. The molecule has 100 valence electrons. The third-order valence-electron chi connectivity index (χ3n) is 3.56. The number of benzene rings is 1. The zero-order valence-corrected chi connectivity index (χ0v) is 11.8. The minimum Gasteiger partial charge on any atom is -0.302 e. The van der Waals surface area contributed by atoms with Gasteiger partial charge in [0.15, 0.2) is 9.84 Å². The molecule has 1 aliphatic carbocycles. The average Bonchev–Trinajstić information content (AvgIpc) is 3.09. The molecule has 0 spiro atoms. The predicted molar refractivity (Wildman–Crippen MR) is 71.6 cm³/mol. The van der Waals surface area contributed by atoms with E-state index in [1.165, 1.54) is 6.92 Å². The van der Waals surface area contributed by atoms with E-state index in [2.05, 4.69) is 0 Å². The second-order valence-corrected chi connectivity index (χ2v) is 7.41. The van der Waals surface area contributed by atoms with E-state index < -0.39 is 26.4 Å². The Bertz CT molecular complexity index is 665. The summed E-state index contributed by atoms with van der Waals surface area (Å²) in [5.74, 6) is -0.718. The van der Waals surface area contributed by atoms with Crippen LogP contribution in [0.4, 0.5) is 0 Å². The average molecular weight is 298 g/mol. The highest BCUT2D eigenvalue weighted by Crippen LogP contribution is 2.61. The van der Waals surface area contributed by atoms with Crippen LogP contribution in [-0.4, -0.2) is 25.7 Å². The molecule has 0 amide bonds. The molecule has 19 heavy (non-hydrogen) atoms.